The van der Waals surface area contributed by atoms with Crippen molar-refractivity contribution in [3.05, 3.63) is 34.9 Å². The van der Waals surface area contributed by atoms with Crippen molar-refractivity contribution in [2.24, 2.45) is 0 Å². The minimum atomic E-state index is -0.282. The van der Waals surface area contributed by atoms with Gasteiger partial charge in [-0.25, -0.2) is 15.0 Å². The number of rotatable bonds is 4. The summed E-state index contributed by atoms with van der Waals surface area (Å²) in [5, 5.41) is 6.67. The molecule has 7 nitrogen and oxygen atoms in total. The maximum atomic E-state index is 12.4. The van der Waals surface area contributed by atoms with Gasteiger partial charge in [0.2, 0.25) is 0 Å². The largest absolute Gasteiger partial charge is 0.333 e. The van der Waals surface area contributed by atoms with Gasteiger partial charge in [0.25, 0.3) is 5.91 Å². The summed E-state index contributed by atoms with van der Waals surface area (Å²) in [4.78, 5) is 26.2. The lowest BCUT2D eigenvalue weighted by molar-refractivity contribution is 0.0775. The van der Waals surface area contributed by atoms with Gasteiger partial charge in [0.1, 0.15) is 18.0 Å². The van der Waals surface area contributed by atoms with Gasteiger partial charge >= 0.3 is 0 Å². The minimum absolute atomic E-state index is 0.124. The zero-order valence-electron chi connectivity index (χ0n) is 11.5. The Labute approximate surface area is 121 Å². The summed E-state index contributed by atoms with van der Waals surface area (Å²) in [6, 6.07) is 0. The van der Waals surface area contributed by atoms with E-state index in [2.05, 4.69) is 25.1 Å². The molecule has 106 valence electrons. The van der Waals surface area contributed by atoms with Crippen LogP contribution in [0.3, 0.4) is 0 Å². The fourth-order valence-electron chi connectivity index (χ4n) is 1.59. The van der Waals surface area contributed by atoms with Crippen molar-refractivity contribution in [1.82, 2.24) is 30.0 Å². The number of halogens is 1. The molecule has 0 fully saturated rings. The second-order valence-electron chi connectivity index (χ2n) is 4.67. The van der Waals surface area contributed by atoms with Crippen LogP contribution in [0, 0.1) is 0 Å². The van der Waals surface area contributed by atoms with Gasteiger partial charge in [0.15, 0.2) is 5.69 Å². The summed E-state index contributed by atoms with van der Waals surface area (Å²) < 4.78 is 0. The Hall–Kier alpha value is -2.02. The van der Waals surface area contributed by atoms with Crippen molar-refractivity contribution in [2.75, 3.05) is 7.05 Å². The van der Waals surface area contributed by atoms with Crippen molar-refractivity contribution < 1.29 is 4.79 Å². The van der Waals surface area contributed by atoms with Gasteiger partial charge in [0, 0.05) is 13.0 Å². The quantitative estimate of drug-likeness (QED) is 0.926. The molecule has 0 aliphatic rings. The number of aromatic amines is 1. The lowest BCUT2D eigenvalue weighted by Gasteiger charge is -2.16. The van der Waals surface area contributed by atoms with Crippen LogP contribution in [0.4, 0.5) is 0 Å². The van der Waals surface area contributed by atoms with Crippen molar-refractivity contribution in [3.63, 3.8) is 0 Å². The van der Waals surface area contributed by atoms with Crippen LogP contribution in [0.2, 0.25) is 5.02 Å². The number of nitrogens with one attached hydrogen (secondary N) is 1. The van der Waals surface area contributed by atoms with Gasteiger partial charge in [-0.05, 0) is 0 Å². The molecule has 0 unspecified atom stereocenters. The summed E-state index contributed by atoms with van der Waals surface area (Å²) in [7, 11) is 1.65. The van der Waals surface area contributed by atoms with Crippen LogP contribution in [-0.2, 0) is 6.54 Å². The predicted molar refractivity (Wildman–Crippen MR) is 73.3 cm³/mol. The molecule has 2 rings (SSSR count). The first-order valence-electron chi connectivity index (χ1n) is 6.11. The second-order valence-corrected chi connectivity index (χ2v) is 5.08. The summed E-state index contributed by atoms with van der Waals surface area (Å²) in [5.74, 6) is 1.02. The Kier molecular flexibility index (Phi) is 4.29. The average Bonchev–Trinajstić information content (AvgIpc) is 2.91. The standard InChI is InChI=1S/C12H15ClN6O/c1-7(2)11-14-4-8(13)10(17-11)12(20)19(3)5-9-15-6-16-18-9/h4,6-7H,5H2,1-3H3,(H,15,16,18). The molecule has 0 saturated carbocycles. The first kappa shape index (κ1) is 14.4. The number of nitrogens with zero attached hydrogens (tertiary/aromatic N) is 5. The fraction of sp³-hybridized carbons (Fsp3) is 0.417. The Morgan fingerprint density at radius 1 is 1.45 bits per heavy atom. The summed E-state index contributed by atoms with van der Waals surface area (Å²) in [6.45, 7) is 4.21. The summed E-state index contributed by atoms with van der Waals surface area (Å²) in [6.07, 6.45) is 2.85. The van der Waals surface area contributed by atoms with Crippen molar-refractivity contribution >= 4 is 17.5 Å². The number of carbonyl (C=O) groups is 1. The maximum Gasteiger partial charge on any atom is 0.274 e. The molecule has 0 atom stereocenters. The van der Waals surface area contributed by atoms with Gasteiger partial charge in [-0.2, -0.15) is 5.10 Å². The van der Waals surface area contributed by atoms with Gasteiger partial charge < -0.3 is 4.90 Å². The molecule has 0 saturated heterocycles. The SMILES string of the molecule is CC(C)c1ncc(Cl)c(C(=O)N(C)Cc2ncn[nH]2)n1. The zero-order chi connectivity index (χ0) is 14.7. The molecule has 20 heavy (non-hydrogen) atoms. The molecule has 1 N–H and O–H groups in total. The highest BCUT2D eigenvalue weighted by molar-refractivity contribution is 6.33. The summed E-state index contributed by atoms with van der Waals surface area (Å²) in [5.41, 5.74) is 0.201. The monoisotopic (exact) mass is 294 g/mol. The molecule has 2 aromatic heterocycles. The van der Waals surface area contributed by atoms with Crippen LogP contribution < -0.4 is 0 Å². The minimum Gasteiger partial charge on any atom is -0.333 e. The molecular weight excluding hydrogens is 280 g/mol. The molecule has 1 amide bonds. The smallest absolute Gasteiger partial charge is 0.274 e. The molecule has 8 heteroatoms. The van der Waals surface area contributed by atoms with E-state index < -0.39 is 0 Å². The van der Waals surface area contributed by atoms with Gasteiger partial charge in [-0.15, -0.1) is 0 Å². The van der Waals surface area contributed by atoms with E-state index in [0.29, 0.717) is 18.2 Å². The van der Waals surface area contributed by atoms with E-state index in [1.807, 2.05) is 13.8 Å². The number of carbonyl (C=O) groups excluding carboxylic acids is 1. The van der Waals surface area contributed by atoms with E-state index in [-0.39, 0.29) is 22.5 Å². The lowest BCUT2D eigenvalue weighted by atomic mass is 10.2. The average molecular weight is 295 g/mol. The Balaban J connectivity index is 2.21. The van der Waals surface area contributed by atoms with E-state index in [9.17, 15) is 4.79 Å². The van der Waals surface area contributed by atoms with Crippen LogP contribution in [0.25, 0.3) is 0 Å². The van der Waals surface area contributed by atoms with Gasteiger partial charge in [0.05, 0.1) is 17.8 Å². The van der Waals surface area contributed by atoms with E-state index in [4.69, 9.17) is 11.6 Å². The zero-order valence-corrected chi connectivity index (χ0v) is 12.2. The van der Waals surface area contributed by atoms with Crippen LogP contribution in [-0.4, -0.2) is 43.0 Å². The topological polar surface area (TPSA) is 87.7 Å². The van der Waals surface area contributed by atoms with Gasteiger partial charge in [-0.3, -0.25) is 9.89 Å². The molecule has 0 spiro atoms. The Morgan fingerprint density at radius 3 is 2.80 bits per heavy atom. The maximum absolute atomic E-state index is 12.4. The van der Waals surface area contributed by atoms with Crippen molar-refractivity contribution in [3.8, 4) is 0 Å². The van der Waals surface area contributed by atoms with Crippen LogP contribution in [0.1, 0.15) is 41.9 Å². The first-order chi connectivity index (χ1) is 9.49. The summed E-state index contributed by atoms with van der Waals surface area (Å²) >= 11 is 6.01. The van der Waals surface area contributed by atoms with Crippen LogP contribution in [0.5, 0.6) is 0 Å². The van der Waals surface area contributed by atoms with Crippen LogP contribution in [0.15, 0.2) is 12.5 Å². The number of hydrogen-bond acceptors (Lipinski definition) is 5. The number of hydrogen-bond donors (Lipinski definition) is 1. The lowest BCUT2D eigenvalue weighted by Crippen LogP contribution is -2.28. The van der Waals surface area contributed by atoms with Crippen molar-refractivity contribution in [2.45, 2.75) is 26.3 Å². The predicted octanol–water partition coefficient (Wildman–Crippen LogP) is 1.64. The molecule has 0 radical (unpaired) electrons. The van der Waals surface area contributed by atoms with Crippen LogP contribution >= 0.6 is 11.6 Å². The molecule has 0 aliphatic heterocycles. The highest BCUT2D eigenvalue weighted by Crippen LogP contribution is 2.18. The molecule has 0 aromatic carbocycles. The van der Waals surface area contributed by atoms with Crippen molar-refractivity contribution in [1.29, 1.82) is 0 Å². The highest BCUT2D eigenvalue weighted by Gasteiger charge is 2.19. The Morgan fingerprint density at radius 2 is 2.20 bits per heavy atom. The third kappa shape index (κ3) is 3.11. The first-order valence-corrected chi connectivity index (χ1v) is 6.49. The third-order valence-electron chi connectivity index (χ3n) is 2.68. The normalized spacial score (nSPS) is 10.8. The molecule has 0 aliphatic carbocycles. The number of amides is 1. The van der Waals surface area contributed by atoms with E-state index >= 15 is 0 Å². The number of H-pyrrole nitrogens is 1. The van der Waals surface area contributed by atoms with E-state index in [1.54, 1.807) is 7.05 Å². The fourth-order valence-corrected chi connectivity index (χ4v) is 1.77. The molecular formula is C12H15ClN6O. The van der Waals surface area contributed by atoms with E-state index in [0.717, 1.165) is 0 Å². The highest BCUT2D eigenvalue weighted by atomic mass is 35.5. The number of aromatic nitrogens is 5. The molecule has 0 bridgehead atoms. The third-order valence-corrected chi connectivity index (χ3v) is 2.96. The molecule has 2 heterocycles. The van der Waals surface area contributed by atoms with E-state index in [1.165, 1.54) is 17.4 Å². The Bertz CT molecular complexity index is 598. The van der Waals surface area contributed by atoms with Gasteiger partial charge in [-0.1, -0.05) is 25.4 Å². The molecule has 2 aromatic rings. The second kappa shape index (κ2) is 5.96.